The molecule has 4 heteroatoms. The quantitative estimate of drug-likeness (QED) is 0.846. The van der Waals surface area contributed by atoms with Gasteiger partial charge in [0, 0.05) is 16.6 Å². The van der Waals surface area contributed by atoms with Gasteiger partial charge in [0.1, 0.15) is 11.6 Å². The highest BCUT2D eigenvalue weighted by molar-refractivity contribution is 6.30. The lowest BCUT2D eigenvalue weighted by Crippen LogP contribution is -2.25. The van der Waals surface area contributed by atoms with E-state index in [1.54, 1.807) is 0 Å². The van der Waals surface area contributed by atoms with Crippen LogP contribution in [0.25, 0.3) is 0 Å². The van der Waals surface area contributed by atoms with Gasteiger partial charge >= 0.3 is 0 Å². The smallest absolute Gasteiger partial charge is 0.132 e. The van der Waals surface area contributed by atoms with E-state index in [-0.39, 0.29) is 16.5 Å². The fourth-order valence-corrected chi connectivity index (χ4v) is 2.79. The number of benzene rings is 1. The van der Waals surface area contributed by atoms with Crippen LogP contribution < -0.4 is 5.73 Å². The molecule has 0 bridgehead atoms. The fourth-order valence-electron chi connectivity index (χ4n) is 2.60. The molecule has 1 fully saturated rings. The van der Waals surface area contributed by atoms with E-state index in [0.717, 1.165) is 37.8 Å². The van der Waals surface area contributed by atoms with Crippen LogP contribution in [0.2, 0.25) is 5.02 Å². The van der Waals surface area contributed by atoms with Crippen molar-refractivity contribution in [1.82, 2.24) is 0 Å². The lowest BCUT2D eigenvalue weighted by molar-refractivity contribution is 0.298. The highest BCUT2D eigenvalue weighted by atomic mass is 35.5. The maximum Gasteiger partial charge on any atom is 0.132 e. The van der Waals surface area contributed by atoms with Crippen LogP contribution in [-0.2, 0) is 0 Å². The third-order valence-corrected chi connectivity index (χ3v) is 3.75. The zero-order valence-corrected chi connectivity index (χ0v) is 10.3. The number of hydrogen-bond donors (Lipinski definition) is 1. The predicted molar refractivity (Wildman–Crippen MR) is 64.9 cm³/mol. The van der Waals surface area contributed by atoms with E-state index >= 15 is 0 Å². The molecule has 1 saturated carbocycles. The van der Waals surface area contributed by atoms with Gasteiger partial charge < -0.3 is 5.73 Å². The van der Waals surface area contributed by atoms with Crippen molar-refractivity contribution in [2.75, 3.05) is 0 Å². The maximum absolute atomic E-state index is 13.7. The van der Waals surface area contributed by atoms with E-state index in [1.165, 1.54) is 6.42 Å². The first kappa shape index (κ1) is 12.8. The first-order chi connectivity index (χ1) is 8.09. The largest absolute Gasteiger partial charge is 0.324 e. The molecule has 1 aliphatic carbocycles. The summed E-state index contributed by atoms with van der Waals surface area (Å²) in [5, 5.41) is 0.0691. The van der Waals surface area contributed by atoms with Crippen LogP contribution in [0.1, 0.15) is 43.7 Å². The van der Waals surface area contributed by atoms with E-state index in [0.29, 0.717) is 0 Å². The Bertz CT molecular complexity index is 379. The molecule has 1 aromatic rings. The average Bonchev–Trinajstić information content (AvgIpc) is 2.28. The van der Waals surface area contributed by atoms with Crippen LogP contribution >= 0.6 is 11.6 Å². The predicted octanol–water partition coefficient (Wildman–Crippen LogP) is 4.20. The SMILES string of the molecule is N[C@@H](c1c(F)cc(Cl)cc1F)C1CCCCC1. The summed E-state index contributed by atoms with van der Waals surface area (Å²) >= 11 is 5.59. The van der Waals surface area contributed by atoms with E-state index < -0.39 is 17.7 Å². The summed E-state index contributed by atoms with van der Waals surface area (Å²) in [6.45, 7) is 0. The van der Waals surface area contributed by atoms with Crippen molar-refractivity contribution in [3.8, 4) is 0 Å². The summed E-state index contributed by atoms with van der Waals surface area (Å²) < 4.78 is 27.4. The minimum Gasteiger partial charge on any atom is -0.324 e. The summed E-state index contributed by atoms with van der Waals surface area (Å²) in [4.78, 5) is 0. The van der Waals surface area contributed by atoms with Gasteiger partial charge in [0.05, 0.1) is 0 Å². The molecule has 2 rings (SSSR count). The van der Waals surface area contributed by atoms with Gasteiger partial charge in [-0.15, -0.1) is 0 Å². The molecule has 0 unspecified atom stereocenters. The van der Waals surface area contributed by atoms with Gasteiger partial charge in [0.2, 0.25) is 0 Å². The van der Waals surface area contributed by atoms with Crippen molar-refractivity contribution in [1.29, 1.82) is 0 Å². The summed E-state index contributed by atoms with van der Waals surface area (Å²) in [5.41, 5.74) is 5.99. The second kappa shape index (κ2) is 5.32. The normalized spacial score (nSPS) is 19.3. The molecule has 0 aromatic heterocycles. The van der Waals surface area contributed by atoms with Gasteiger partial charge in [-0.05, 0) is 30.9 Å². The Morgan fingerprint density at radius 1 is 1.12 bits per heavy atom. The molecular formula is C13H16ClF2N. The third kappa shape index (κ3) is 2.78. The Morgan fingerprint density at radius 3 is 2.18 bits per heavy atom. The highest BCUT2D eigenvalue weighted by Gasteiger charge is 2.26. The van der Waals surface area contributed by atoms with Gasteiger partial charge in [-0.2, -0.15) is 0 Å². The zero-order valence-electron chi connectivity index (χ0n) is 9.56. The van der Waals surface area contributed by atoms with Crippen molar-refractivity contribution < 1.29 is 8.78 Å². The van der Waals surface area contributed by atoms with Crippen molar-refractivity contribution in [3.05, 3.63) is 34.4 Å². The summed E-state index contributed by atoms with van der Waals surface area (Å²) in [7, 11) is 0. The second-order valence-corrected chi connectivity index (χ2v) is 5.14. The molecule has 1 atom stereocenters. The lowest BCUT2D eigenvalue weighted by atomic mass is 9.81. The molecular weight excluding hydrogens is 244 g/mol. The molecule has 2 N–H and O–H groups in total. The van der Waals surface area contributed by atoms with Crippen LogP contribution in [0.5, 0.6) is 0 Å². The first-order valence-corrected chi connectivity index (χ1v) is 6.37. The van der Waals surface area contributed by atoms with Gasteiger partial charge in [0.15, 0.2) is 0 Å². The molecule has 0 amide bonds. The number of hydrogen-bond acceptors (Lipinski definition) is 1. The van der Waals surface area contributed by atoms with Gasteiger partial charge in [0.25, 0.3) is 0 Å². The van der Waals surface area contributed by atoms with Gasteiger partial charge in [-0.3, -0.25) is 0 Å². The van der Waals surface area contributed by atoms with E-state index in [9.17, 15) is 8.78 Å². The van der Waals surface area contributed by atoms with Crippen LogP contribution in [0.15, 0.2) is 12.1 Å². The minimum absolute atomic E-state index is 0.0127. The first-order valence-electron chi connectivity index (χ1n) is 5.99. The minimum atomic E-state index is -0.631. The highest BCUT2D eigenvalue weighted by Crippen LogP contribution is 2.35. The molecule has 0 heterocycles. The summed E-state index contributed by atoms with van der Waals surface area (Å²) in [5.74, 6) is -1.09. The van der Waals surface area contributed by atoms with Gasteiger partial charge in [-0.25, -0.2) is 8.78 Å². The van der Waals surface area contributed by atoms with Crippen molar-refractivity contribution >= 4 is 11.6 Å². The molecule has 1 nitrogen and oxygen atoms in total. The van der Waals surface area contributed by atoms with Crippen LogP contribution in [0, 0.1) is 17.6 Å². The number of nitrogens with two attached hydrogens (primary N) is 1. The van der Waals surface area contributed by atoms with E-state index in [4.69, 9.17) is 17.3 Å². The molecule has 0 radical (unpaired) electrons. The van der Waals surface area contributed by atoms with Crippen LogP contribution in [-0.4, -0.2) is 0 Å². The van der Waals surface area contributed by atoms with E-state index in [1.807, 2.05) is 0 Å². The number of halogens is 3. The van der Waals surface area contributed by atoms with Crippen molar-refractivity contribution in [2.24, 2.45) is 11.7 Å². The molecule has 1 aromatic carbocycles. The fraction of sp³-hybridized carbons (Fsp3) is 0.538. The Balaban J connectivity index is 2.26. The molecule has 0 saturated heterocycles. The molecule has 94 valence electrons. The van der Waals surface area contributed by atoms with E-state index in [2.05, 4.69) is 0 Å². The number of rotatable bonds is 2. The lowest BCUT2D eigenvalue weighted by Gasteiger charge is -2.28. The Morgan fingerprint density at radius 2 is 1.65 bits per heavy atom. The summed E-state index contributed by atoms with van der Waals surface area (Å²) in [6.07, 6.45) is 5.27. The molecule has 0 spiro atoms. The third-order valence-electron chi connectivity index (χ3n) is 3.53. The van der Waals surface area contributed by atoms with Crippen molar-refractivity contribution in [2.45, 2.75) is 38.1 Å². The Labute approximate surface area is 105 Å². The van der Waals surface area contributed by atoms with Gasteiger partial charge in [-0.1, -0.05) is 30.9 Å². The molecule has 1 aliphatic rings. The summed E-state index contributed by atoms with van der Waals surface area (Å²) in [6, 6.07) is 1.69. The van der Waals surface area contributed by atoms with Crippen molar-refractivity contribution in [3.63, 3.8) is 0 Å². The van der Waals surface area contributed by atoms with Crippen LogP contribution in [0.3, 0.4) is 0 Å². The van der Waals surface area contributed by atoms with Crippen LogP contribution in [0.4, 0.5) is 8.78 Å². The maximum atomic E-state index is 13.7. The molecule has 0 aliphatic heterocycles. The average molecular weight is 260 g/mol. The standard InChI is InChI=1S/C13H16ClF2N/c14-9-6-10(15)12(11(16)7-9)13(17)8-4-2-1-3-5-8/h6-8,13H,1-5,17H2/t13-/m1/s1. The monoisotopic (exact) mass is 259 g/mol. The second-order valence-electron chi connectivity index (χ2n) is 4.71. The Kier molecular flexibility index (Phi) is 4.00. The zero-order chi connectivity index (χ0) is 12.4. The molecule has 17 heavy (non-hydrogen) atoms. The topological polar surface area (TPSA) is 26.0 Å². The Hall–Kier alpha value is -0.670.